The average molecular weight is 881 g/mol. The molecule has 0 saturated carbocycles. The van der Waals surface area contributed by atoms with E-state index in [1.54, 1.807) is 0 Å². The maximum atomic E-state index is 6.30. The molecule has 3 heteroatoms. The van der Waals surface area contributed by atoms with Crippen LogP contribution in [0, 0.1) is 0 Å². The number of para-hydroxylation sites is 3. The van der Waals surface area contributed by atoms with Gasteiger partial charge in [0.1, 0.15) is 11.2 Å². The zero-order valence-corrected chi connectivity index (χ0v) is 37.7. The van der Waals surface area contributed by atoms with Gasteiger partial charge < -0.3 is 13.9 Å². The van der Waals surface area contributed by atoms with Crippen LogP contribution in [0.1, 0.15) is 0 Å². The highest BCUT2D eigenvalue weighted by Crippen LogP contribution is 2.43. The first-order valence-corrected chi connectivity index (χ1v) is 23.6. The largest absolute Gasteiger partial charge is 0.456 e. The lowest BCUT2D eigenvalue weighted by Crippen LogP contribution is -2.10. The second kappa shape index (κ2) is 16.9. The monoisotopic (exact) mass is 880 g/mol. The highest BCUT2D eigenvalue weighted by atomic mass is 16.3. The number of benzene rings is 11. The molecule has 0 atom stereocenters. The summed E-state index contributed by atoms with van der Waals surface area (Å²) in [5, 5.41) is 4.69. The summed E-state index contributed by atoms with van der Waals surface area (Å²) in [6, 6.07) is 96.3. The fraction of sp³-hybridized carbons (Fsp3) is 0. The summed E-state index contributed by atoms with van der Waals surface area (Å²) in [4.78, 5) is 2.36. The molecule has 0 amide bonds. The number of rotatable bonds is 9. The van der Waals surface area contributed by atoms with Gasteiger partial charge in [0.2, 0.25) is 0 Å². The van der Waals surface area contributed by atoms with Gasteiger partial charge in [-0.05, 0) is 153 Å². The van der Waals surface area contributed by atoms with Crippen LogP contribution in [0.3, 0.4) is 0 Å². The lowest BCUT2D eigenvalue weighted by Gasteiger charge is -2.26. The standard InChI is InChI=1S/C66H44N2O/c1-4-16-45(17-5-1)47-30-35-55(36-31-47)67(57-23-14-20-49(43-57)46-18-6-2-7-19-46)56-37-32-48(33-38-56)51-40-52(50-34-39-65-61(44-50)59-24-11-13-29-64(59)69-65)42-53(41-51)58-26-15-28-63-66(58)60-25-10-12-27-62(60)68(63)54-21-8-3-9-22-54/h1-44H. The molecule has 324 valence electrons. The van der Waals surface area contributed by atoms with Crippen LogP contribution in [0.5, 0.6) is 0 Å². The van der Waals surface area contributed by atoms with Crippen molar-refractivity contribution < 1.29 is 4.42 Å². The molecule has 2 aromatic heterocycles. The SMILES string of the molecule is c1ccc(-c2ccc(N(c3ccc(-c4cc(-c5ccc6oc7ccccc7c6c5)cc(-c5cccc6c5c5ccccc5n6-c5ccccc5)c4)cc3)c3cccc(-c4ccccc4)c3)cc2)cc1. The summed E-state index contributed by atoms with van der Waals surface area (Å²) in [5.41, 5.74) is 20.2. The van der Waals surface area contributed by atoms with Gasteiger partial charge in [-0.3, -0.25) is 0 Å². The van der Waals surface area contributed by atoms with Gasteiger partial charge in [-0.25, -0.2) is 0 Å². The minimum Gasteiger partial charge on any atom is -0.456 e. The van der Waals surface area contributed by atoms with Crippen LogP contribution in [0.25, 0.3) is 105 Å². The molecule has 3 nitrogen and oxygen atoms in total. The number of furan rings is 1. The lowest BCUT2D eigenvalue weighted by atomic mass is 9.91. The predicted octanol–water partition coefficient (Wildman–Crippen LogP) is 18.5. The molecule has 0 unspecified atom stereocenters. The zero-order valence-electron chi connectivity index (χ0n) is 37.7. The fourth-order valence-electron chi connectivity index (χ4n) is 10.3. The summed E-state index contributed by atoms with van der Waals surface area (Å²) in [5.74, 6) is 0. The molecule has 2 heterocycles. The van der Waals surface area contributed by atoms with Crippen molar-refractivity contribution in [1.29, 1.82) is 0 Å². The third-order valence-electron chi connectivity index (χ3n) is 13.6. The van der Waals surface area contributed by atoms with Crippen LogP contribution in [-0.4, -0.2) is 4.57 Å². The van der Waals surface area contributed by atoms with E-state index in [1.165, 1.54) is 49.6 Å². The quantitative estimate of drug-likeness (QED) is 0.144. The fourth-order valence-corrected chi connectivity index (χ4v) is 10.3. The van der Waals surface area contributed by atoms with E-state index in [1.807, 2.05) is 12.1 Å². The Bertz CT molecular complexity index is 3980. The van der Waals surface area contributed by atoms with Crippen molar-refractivity contribution in [2.75, 3.05) is 4.90 Å². The Morgan fingerprint density at radius 1 is 0.275 bits per heavy atom. The minimum absolute atomic E-state index is 0.888. The predicted molar refractivity (Wildman–Crippen MR) is 290 cm³/mol. The van der Waals surface area contributed by atoms with Gasteiger partial charge in [0.05, 0.1) is 11.0 Å². The summed E-state index contributed by atoms with van der Waals surface area (Å²) in [6.45, 7) is 0. The first-order chi connectivity index (χ1) is 34.2. The number of hydrogen-bond donors (Lipinski definition) is 0. The van der Waals surface area contributed by atoms with Crippen molar-refractivity contribution in [3.63, 3.8) is 0 Å². The van der Waals surface area contributed by atoms with Gasteiger partial charge in [0.15, 0.2) is 0 Å². The van der Waals surface area contributed by atoms with E-state index < -0.39 is 0 Å². The van der Waals surface area contributed by atoms with Crippen molar-refractivity contribution in [1.82, 2.24) is 4.57 Å². The third kappa shape index (κ3) is 7.25. The van der Waals surface area contributed by atoms with Crippen LogP contribution >= 0.6 is 0 Å². The van der Waals surface area contributed by atoms with Gasteiger partial charge in [0.25, 0.3) is 0 Å². The Labute approximate surface area is 401 Å². The maximum absolute atomic E-state index is 6.30. The van der Waals surface area contributed by atoms with Gasteiger partial charge in [0, 0.05) is 44.3 Å². The lowest BCUT2D eigenvalue weighted by molar-refractivity contribution is 0.669. The van der Waals surface area contributed by atoms with E-state index in [-0.39, 0.29) is 0 Å². The highest BCUT2D eigenvalue weighted by Gasteiger charge is 2.19. The van der Waals surface area contributed by atoms with Crippen molar-refractivity contribution >= 4 is 60.8 Å². The van der Waals surface area contributed by atoms with E-state index in [4.69, 9.17) is 4.42 Å². The molecule has 13 aromatic rings. The van der Waals surface area contributed by atoms with Crippen molar-refractivity contribution in [3.05, 3.63) is 267 Å². The Hall–Kier alpha value is -9.18. The normalized spacial score (nSPS) is 11.5. The molecule has 0 fully saturated rings. The molecular weight excluding hydrogens is 837 g/mol. The first kappa shape index (κ1) is 40.1. The average Bonchev–Trinajstić information content (AvgIpc) is 3.98. The van der Waals surface area contributed by atoms with Gasteiger partial charge >= 0.3 is 0 Å². The van der Waals surface area contributed by atoms with E-state index in [0.29, 0.717) is 0 Å². The molecule has 0 aliphatic rings. The third-order valence-corrected chi connectivity index (χ3v) is 13.6. The first-order valence-electron chi connectivity index (χ1n) is 23.6. The summed E-state index contributed by atoms with van der Waals surface area (Å²) in [7, 11) is 0. The second-order valence-electron chi connectivity index (χ2n) is 17.7. The van der Waals surface area contributed by atoms with Crippen LogP contribution in [-0.2, 0) is 0 Å². The zero-order chi connectivity index (χ0) is 45.7. The number of anilines is 3. The Morgan fingerprint density at radius 2 is 0.768 bits per heavy atom. The van der Waals surface area contributed by atoms with Gasteiger partial charge in [-0.1, -0.05) is 170 Å². The van der Waals surface area contributed by atoms with Crippen LogP contribution in [0.4, 0.5) is 17.1 Å². The number of hydrogen-bond acceptors (Lipinski definition) is 2. The molecule has 0 spiro atoms. The molecule has 13 rings (SSSR count). The number of aromatic nitrogens is 1. The van der Waals surface area contributed by atoms with Crippen LogP contribution in [0.2, 0.25) is 0 Å². The molecule has 11 aromatic carbocycles. The van der Waals surface area contributed by atoms with Crippen LogP contribution in [0.15, 0.2) is 271 Å². The molecule has 0 radical (unpaired) electrons. The number of nitrogens with zero attached hydrogens (tertiary/aromatic N) is 2. The molecule has 0 bridgehead atoms. The Balaban J connectivity index is 0.973. The summed E-state index contributed by atoms with van der Waals surface area (Å²) >= 11 is 0. The van der Waals surface area contributed by atoms with E-state index >= 15 is 0 Å². The molecule has 0 N–H and O–H groups in total. The Kier molecular flexibility index (Phi) is 9.84. The molecule has 0 aliphatic heterocycles. The van der Waals surface area contributed by atoms with Crippen LogP contribution < -0.4 is 4.90 Å². The van der Waals surface area contributed by atoms with Crippen molar-refractivity contribution in [3.8, 4) is 61.3 Å². The molecular formula is C66H44N2O. The smallest absolute Gasteiger partial charge is 0.135 e. The molecule has 0 aliphatic carbocycles. The molecule has 69 heavy (non-hydrogen) atoms. The minimum atomic E-state index is 0.888. The Morgan fingerprint density at radius 3 is 1.49 bits per heavy atom. The van der Waals surface area contributed by atoms with Gasteiger partial charge in [-0.2, -0.15) is 0 Å². The van der Waals surface area contributed by atoms with E-state index in [9.17, 15) is 0 Å². The maximum Gasteiger partial charge on any atom is 0.135 e. The summed E-state index contributed by atoms with van der Waals surface area (Å²) in [6.07, 6.45) is 0. The topological polar surface area (TPSA) is 21.3 Å². The van der Waals surface area contributed by atoms with E-state index in [2.05, 4.69) is 264 Å². The molecule has 0 saturated heterocycles. The van der Waals surface area contributed by atoms with E-state index in [0.717, 1.165) is 72.5 Å². The second-order valence-corrected chi connectivity index (χ2v) is 17.7. The number of fused-ring (bicyclic) bond motifs is 6. The van der Waals surface area contributed by atoms with Gasteiger partial charge in [-0.15, -0.1) is 0 Å². The van der Waals surface area contributed by atoms with Crippen molar-refractivity contribution in [2.24, 2.45) is 0 Å². The highest BCUT2D eigenvalue weighted by molar-refractivity contribution is 6.16. The summed E-state index contributed by atoms with van der Waals surface area (Å²) < 4.78 is 8.70. The van der Waals surface area contributed by atoms with Crippen molar-refractivity contribution in [2.45, 2.75) is 0 Å².